The molecular weight excluding hydrogens is 368 g/mol. The average molecular weight is 394 g/mol. The Morgan fingerprint density at radius 1 is 1.07 bits per heavy atom. The molecule has 2 amide bonds. The first-order chi connectivity index (χ1) is 14.1. The van der Waals surface area contributed by atoms with E-state index in [0.29, 0.717) is 23.3 Å². The van der Waals surface area contributed by atoms with Crippen LogP contribution in [0.5, 0.6) is 0 Å². The molecule has 8 nitrogen and oxygen atoms in total. The van der Waals surface area contributed by atoms with Gasteiger partial charge in [0.1, 0.15) is 5.70 Å². The Kier molecular flexibility index (Phi) is 5.24. The molecule has 1 atom stereocenters. The number of nitrogens with zero attached hydrogens (tertiary/aromatic N) is 2. The smallest absolute Gasteiger partial charge is 0.267 e. The quantitative estimate of drug-likeness (QED) is 0.621. The van der Waals surface area contributed by atoms with Crippen LogP contribution in [0.4, 0.5) is 5.69 Å². The van der Waals surface area contributed by atoms with Crippen molar-refractivity contribution in [2.24, 2.45) is 4.99 Å². The zero-order valence-corrected chi connectivity index (χ0v) is 16.7. The van der Waals surface area contributed by atoms with Gasteiger partial charge in [-0.2, -0.15) is 0 Å². The van der Waals surface area contributed by atoms with E-state index in [-0.39, 0.29) is 18.0 Å². The molecule has 1 saturated carbocycles. The van der Waals surface area contributed by atoms with Crippen molar-refractivity contribution in [1.82, 2.24) is 20.9 Å². The lowest BCUT2D eigenvalue weighted by Gasteiger charge is -2.34. The summed E-state index contributed by atoms with van der Waals surface area (Å²) in [5.41, 5.74) is 3.08. The molecule has 2 heterocycles. The SMILES string of the molecule is CNC(=O)C1=CC2=CNC(Nc3ccc(C(=O)NC)cc3)=NC2N1C1CCCC1. The fourth-order valence-corrected chi connectivity index (χ4v) is 4.11. The first-order valence-corrected chi connectivity index (χ1v) is 9.96. The maximum atomic E-state index is 12.4. The van der Waals surface area contributed by atoms with E-state index in [9.17, 15) is 9.59 Å². The summed E-state index contributed by atoms with van der Waals surface area (Å²) in [5.74, 6) is 0.408. The Morgan fingerprint density at radius 2 is 1.76 bits per heavy atom. The van der Waals surface area contributed by atoms with Gasteiger partial charge in [-0.3, -0.25) is 9.59 Å². The Morgan fingerprint density at radius 3 is 2.41 bits per heavy atom. The molecule has 2 aliphatic heterocycles. The van der Waals surface area contributed by atoms with E-state index in [0.717, 1.165) is 24.1 Å². The third-order valence-electron chi connectivity index (χ3n) is 5.58. The summed E-state index contributed by atoms with van der Waals surface area (Å²) < 4.78 is 0. The molecule has 1 unspecified atom stereocenters. The van der Waals surface area contributed by atoms with Gasteiger partial charge in [0.2, 0.25) is 5.96 Å². The molecule has 29 heavy (non-hydrogen) atoms. The number of fused-ring (bicyclic) bond motifs is 1. The first kappa shape index (κ1) is 19.0. The number of rotatable bonds is 4. The van der Waals surface area contributed by atoms with Crippen molar-refractivity contribution in [3.8, 4) is 0 Å². The number of hydrogen-bond acceptors (Lipinski definition) is 6. The molecule has 3 aliphatic rings. The predicted octanol–water partition coefficient (Wildman–Crippen LogP) is 1.52. The molecule has 0 saturated heterocycles. The van der Waals surface area contributed by atoms with Gasteiger partial charge in [-0.05, 0) is 43.2 Å². The molecule has 1 aromatic rings. The van der Waals surface area contributed by atoms with Gasteiger partial charge in [0, 0.05) is 43.2 Å². The molecule has 4 rings (SSSR count). The highest BCUT2D eigenvalue weighted by Gasteiger charge is 2.40. The minimum absolute atomic E-state index is 0.0818. The molecular formula is C21H26N6O2. The zero-order chi connectivity index (χ0) is 20.4. The van der Waals surface area contributed by atoms with Crippen molar-refractivity contribution in [3.63, 3.8) is 0 Å². The van der Waals surface area contributed by atoms with Crippen molar-refractivity contribution in [3.05, 3.63) is 53.4 Å². The number of amides is 2. The summed E-state index contributed by atoms with van der Waals surface area (Å²) in [6.07, 6.45) is 8.12. The molecule has 1 fully saturated rings. The summed E-state index contributed by atoms with van der Waals surface area (Å²) in [6, 6.07) is 7.52. The molecule has 1 aliphatic carbocycles. The lowest BCUT2D eigenvalue weighted by molar-refractivity contribution is -0.118. The molecule has 1 aromatic carbocycles. The Labute approximate surface area is 170 Å². The monoisotopic (exact) mass is 394 g/mol. The van der Waals surface area contributed by atoms with Crippen LogP contribution >= 0.6 is 0 Å². The average Bonchev–Trinajstić information content (AvgIpc) is 3.40. The summed E-state index contributed by atoms with van der Waals surface area (Å²) in [5, 5.41) is 11.8. The highest BCUT2D eigenvalue weighted by atomic mass is 16.2. The van der Waals surface area contributed by atoms with E-state index < -0.39 is 0 Å². The number of likely N-dealkylation sites (N-methyl/N-ethyl adjacent to an activating group) is 1. The number of benzene rings is 1. The van der Waals surface area contributed by atoms with E-state index in [2.05, 4.69) is 26.2 Å². The lowest BCUT2D eigenvalue weighted by atomic mass is 10.1. The van der Waals surface area contributed by atoms with Gasteiger partial charge in [0.05, 0.1) is 0 Å². The van der Waals surface area contributed by atoms with E-state index in [1.165, 1.54) is 12.8 Å². The number of nitrogens with one attached hydrogen (secondary N) is 4. The summed E-state index contributed by atoms with van der Waals surface area (Å²) >= 11 is 0. The van der Waals surface area contributed by atoms with E-state index in [1.54, 1.807) is 26.2 Å². The molecule has 0 radical (unpaired) electrons. The summed E-state index contributed by atoms with van der Waals surface area (Å²) in [4.78, 5) is 31.1. The van der Waals surface area contributed by atoms with Gasteiger partial charge in [0.25, 0.3) is 11.8 Å². The van der Waals surface area contributed by atoms with Gasteiger partial charge in [0.15, 0.2) is 6.17 Å². The van der Waals surface area contributed by atoms with Crippen molar-refractivity contribution in [2.75, 3.05) is 19.4 Å². The Balaban J connectivity index is 1.54. The predicted molar refractivity (Wildman–Crippen MR) is 112 cm³/mol. The van der Waals surface area contributed by atoms with Crippen LogP contribution in [0.2, 0.25) is 0 Å². The van der Waals surface area contributed by atoms with Crippen LogP contribution in [0.1, 0.15) is 36.0 Å². The molecule has 152 valence electrons. The third kappa shape index (κ3) is 3.70. The van der Waals surface area contributed by atoms with E-state index in [1.807, 2.05) is 24.4 Å². The van der Waals surface area contributed by atoms with Gasteiger partial charge in [-0.25, -0.2) is 4.99 Å². The fourth-order valence-electron chi connectivity index (χ4n) is 4.11. The topological polar surface area (TPSA) is 97.9 Å². The Hall–Kier alpha value is -3.29. The zero-order valence-electron chi connectivity index (χ0n) is 16.7. The summed E-state index contributed by atoms with van der Waals surface area (Å²) in [7, 11) is 3.27. The minimum Gasteiger partial charge on any atom is -0.355 e. The fraction of sp³-hybridized carbons (Fsp3) is 0.381. The van der Waals surface area contributed by atoms with Gasteiger partial charge in [-0.1, -0.05) is 12.8 Å². The number of guanidine groups is 1. The molecule has 0 aromatic heterocycles. The number of anilines is 1. The van der Waals surface area contributed by atoms with Crippen LogP contribution in [0, 0.1) is 0 Å². The van der Waals surface area contributed by atoms with Crippen LogP contribution in [-0.4, -0.2) is 49.0 Å². The summed E-state index contributed by atoms with van der Waals surface area (Å²) in [6.45, 7) is 0. The maximum Gasteiger partial charge on any atom is 0.267 e. The van der Waals surface area contributed by atoms with Crippen molar-refractivity contribution in [1.29, 1.82) is 0 Å². The van der Waals surface area contributed by atoms with Crippen molar-refractivity contribution in [2.45, 2.75) is 37.9 Å². The van der Waals surface area contributed by atoms with Crippen LogP contribution in [0.15, 0.2) is 52.8 Å². The molecule has 0 spiro atoms. The second kappa shape index (κ2) is 7.98. The molecule has 0 bridgehead atoms. The standard InChI is InChI=1S/C21H26N6O2/c1-22-19(28)13-7-9-15(10-8-13)25-21-24-12-14-11-17(20(29)23-2)27(18(14)26-21)16-5-3-4-6-16/h7-12,16,18H,3-6H2,1-2H3,(H,22,28)(H,23,29)(H2,24,25,26). The van der Waals surface area contributed by atoms with Crippen molar-refractivity contribution >= 4 is 23.5 Å². The highest BCUT2D eigenvalue weighted by Crippen LogP contribution is 2.36. The van der Waals surface area contributed by atoms with Crippen molar-refractivity contribution < 1.29 is 9.59 Å². The van der Waals surface area contributed by atoms with Gasteiger partial charge in [-0.15, -0.1) is 0 Å². The second-order valence-electron chi connectivity index (χ2n) is 7.38. The van der Waals surface area contributed by atoms with Gasteiger partial charge >= 0.3 is 0 Å². The first-order valence-electron chi connectivity index (χ1n) is 9.96. The minimum atomic E-state index is -0.209. The highest BCUT2D eigenvalue weighted by molar-refractivity contribution is 5.98. The largest absolute Gasteiger partial charge is 0.355 e. The lowest BCUT2D eigenvalue weighted by Crippen LogP contribution is -2.44. The molecule has 8 heteroatoms. The maximum absolute atomic E-state index is 12.4. The number of carbonyl (C=O) groups is 2. The van der Waals surface area contributed by atoms with Crippen LogP contribution < -0.4 is 21.3 Å². The number of aliphatic imine (C=N–C) groups is 1. The number of hydrogen-bond donors (Lipinski definition) is 4. The van der Waals surface area contributed by atoms with Gasteiger partial charge < -0.3 is 26.2 Å². The van der Waals surface area contributed by atoms with Crippen LogP contribution in [0.25, 0.3) is 0 Å². The number of carbonyl (C=O) groups excluding carboxylic acids is 2. The van der Waals surface area contributed by atoms with Crippen LogP contribution in [0.3, 0.4) is 0 Å². The normalized spacial score (nSPS) is 20.8. The van der Waals surface area contributed by atoms with Crippen LogP contribution in [-0.2, 0) is 4.79 Å². The second-order valence-corrected chi connectivity index (χ2v) is 7.38. The van der Waals surface area contributed by atoms with E-state index in [4.69, 9.17) is 4.99 Å². The Bertz CT molecular complexity index is 896. The molecule has 4 N–H and O–H groups in total. The van der Waals surface area contributed by atoms with E-state index >= 15 is 0 Å². The third-order valence-corrected chi connectivity index (χ3v) is 5.58.